The van der Waals surface area contributed by atoms with Crippen molar-refractivity contribution in [2.24, 2.45) is 0 Å². The molecule has 0 spiro atoms. The molecular weight excluding hydrogens is 463 g/mol. The zero-order valence-corrected chi connectivity index (χ0v) is 18.4. The van der Waals surface area contributed by atoms with E-state index in [1.54, 1.807) is 30.3 Å². The minimum absolute atomic E-state index is 0.210. The van der Waals surface area contributed by atoms with E-state index in [1.165, 1.54) is 0 Å². The van der Waals surface area contributed by atoms with Crippen LogP contribution in [0.25, 0.3) is 22.4 Å². The molecule has 0 unspecified atom stereocenters. The molecule has 0 saturated carbocycles. The Labute approximate surface area is 187 Å². The second-order valence-electron chi connectivity index (χ2n) is 6.67. The summed E-state index contributed by atoms with van der Waals surface area (Å²) in [6.07, 6.45) is 5.32. The molecule has 0 aliphatic heterocycles. The fourth-order valence-corrected chi connectivity index (χ4v) is 3.45. The Bertz CT molecular complexity index is 1150. The van der Waals surface area contributed by atoms with Crippen molar-refractivity contribution in [2.75, 3.05) is 13.8 Å². The van der Waals surface area contributed by atoms with Crippen LogP contribution < -0.4 is 9.47 Å². The van der Waals surface area contributed by atoms with E-state index in [0.717, 1.165) is 32.6 Å². The highest BCUT2D eigenvalue weighted by molar-refractivity contribution is 9.10. The van der Waals surface area contributed by atoms with Crippen molar-refractivity contribution in [3.8, 4) is 34.0 Å². The first kappa shape index (κ1) is 21.0. The molecule has 1 aromatic carbocycles. The summed E-state index contributed by atoms with van der Waals surface area (Å²) in [5, 5.41) is 4.59. The average molecular weight is 483 g/mol. The number of aryl methyl sites for hydroxylation is 1. The first-order valence-corrected chi connectivity index (χ1v) is 10.4. The maximum Gasteiger partial charge on any atom is 0.213 e. The van der Waals surface area contributed by atoms with Crippen LogP contribution in [-0.4, -0.2) is 33.5 Å². The van der Waals surface area contributed by atoms with Gasteiger partial charge in [0.1, 0.15) is 24.7 Å². The molecule has 3 heterocycles. The van der Waals surface area contributed by atoms with Gasteiger partial charge in [0.2, 0.25) is 5.88 Å². The van der Waals surface area contributed by atoms with E-state index in [-0.39, 0.29) is 6.54 Å². The van der Waals surface area contributed by atoms with Crippen LogP contribution in [0.5, 0.6) is 11.6 Å². The molecular formula is C23H20BrFN4O2. The fraction of sp³-hybridized carbons (Fsp3) is 0.174. The van der Waals surface area contributed by atoms with Crippen molar-refractivity contribution >= 4 is 15.9 Å². The van der Waals surface area contributed by atoms with E-state index in [1.807, 2.05) is 48.7 Å². The van der Waals surface area contributed by atoms with Crippen molar-refractivity contribution < 1.29 is 13.9 Å². The van der Waals surface area contributed by atoms with Gasteiger partial charge in [-0.15, -0.1) is 0 Å². The zero-order valence-electron chi connectivity index (χ0n) is 16.8. The van der Waals surface area contributed by atoms with Crippen molar-refractivity contribution in [3.63, 3.8) is 0 Å². The summed E-state index contributed by atoms with van der Waals surface area (Å²) in [6.45, 7) is 0.0315. The third-order valence-corrected chi connectivity index (χ3v) is 5.39. The molecule has 4 aromatic rings. The van der Waals surface area contributed by atoms with Gasteiger partial charge in [0.25, 0.3) is 0 Å². The summed E-state index contributed by atoms with van der Waals surface area (Å²) in [5.74, 6) is 1.23. The highest BCUT2D eigenvalue weighted by atomic mass is 79.9. The highest BCUT2D eigenvalue weighted by Gasteiger charge is 2.14. The molecule has 0 aliphatic carbocycles. The first-order chi connectivity index (χ1) is 15.2. The molecule has 0 bridgehead atoms. The number of hydrogen-bond acceptors (Lipinski definition) is 5. The van der Waals surface area contributed by atoms with Crippen LogP contribution in [0.3, 0.4) is 0 Å². The summed E-state index contributed by atoms with van der Waals surface area (Å²) in [7, 11) is 1.58. The topological polar surface area (TPSA) is 62.1 Å². The third-order valence-electron chi connectivity index (χ3n) is 4.67. The number of pyridine rings is 2. The molecule has 0 atom stereocenters. The molecule has 0 fully saturated rings. The number of nitrogens with zero attached hydrogens (tertiary/aromatic N) is 4. The maximum absolute atomic E-state index is 12.9. The molecule has 158 valence electrons. The van der Waals surface area contributed by atoms with Gasteiger partial charge in [-0.1, -0.05) is 0 Å². The number of alkyl halides is 1. The average Bonchev–Trinajstić information content (AvgIpc) is 3.24. The lowest BCUT2D eigenvalue weighted by atomic mass is 10.0. The Morgan fingerprint density at radius 2 is 1.77 bits per heavy atom. The Morgan fingerprint density at radius 1 is 1.00 bits per heavy atom. The van der Waals surface area contributed by atoms with E-state index < -0.39 is 6.67 Å². The molecule has 4 rings (SSSR count). The minimum Gasteiger partial charge on any atom is -0.487 e. The van der Waals surface area contributed by atoms with Crippen molar-refractivity contribution in [1.82, 2.24) is 19.7 Å². The number of methoxy groups -OCH3 is 1. The lowest BCUT2D eigenvalue weighted by molar-refractivity contribution is 0.297. The Morgan fingerprint density at radius 3 is 2.48 bits per heavy atom. The summed E-state index contributed by atoms with van der Waals surface area (Å²) in [6, 6.07) is 15.1. The smallest absolute Gasteiger partial charge is 0.213 e. The molecule has 0 amide bonds. The van der Waals surface area contributed by atoms with Crippen LogP contribution in [0.4, 0.5) is 4.39 Å². The monoisotopic (exact) mass is 482 g/mol. The predicted molar refractivity (Wildman–Crippen MR) is 120 cm³/mol. The number of ether oxygens (including phenoxy) is 2. The summed E-state index contributed by atoms with van der Waals surface area (Å²) < 4.78 is 26.4. The molecule has 0 saturated heterocycles. The largest absolute Gasteiger partial charge is 0.487 e. The zero-order chi connectivity index (χ0) is 21.6. The Kier molecular flexibility index (Phi) is 6.57. The number of halogens is 2. The molecule has 3 aromatic heterocycles. The van der Waals surface area contributed by atoms with Crippen molar-refractivity contribution in [1.29, 1.82) is 0 Å². The van der Waals surface area contributed by atoms with Crippen LogP contribution in [0.2, 0.25) is 0 Å². The fourth-order valence-electron chi connectivity index (χ4n) is 3.12. The Balaban J connectivity index is 1.56. The van der Waals surface area contributed by atoms with E-state index in [0.29, 0.717) is 18.2 Å². The van der Waals surface area contributed by atoms with Gasteiger partial charge in [-0.25, -0.2) is 9.37 Å². The van der Waals surface area contributed by atoms with Crippen LogP contribution in [0, 0.1) is 0 Å². The standard InChI is InChI=1S/C23H20BrFN4O2/c1-30-22-7-6-20(24)21(27-22)15-31-18-4-2-17(3-5-18)23-19(14-29(28-23)13-10-25)16-8-11-26-12-9-16/h2-9,11-12,14H,10,13,15H2,1H3. The van der Waals surface area contributed by atoms with Crippen molar-refractivity contribution in [3.05, 3.63) is 77.3 Å². The van der Waals surface area contributed by atoms with Crippen LogP contribution >= 0.6 is 15.9 Å². The summed E-state index contributed by atoms with van der Waals surface area (Å²) in [5.41, 5.74) is 4.34. The Hall–Kier alpha value is -3.26. The summed E-state index contributed by atoms with van der Waals surface area (Å²) in [4.78, 5) is 8.46. The normalized spacial score (nSPS) is 10.8. The SMILES string of the molecule is COc1ccc(Br)c(COc2ccc(-c3nn(CCF)cc3-c3ccncc3)cc2)n1. The second kappa shape index (κ2) is 9.70. The number of hydrogen-bond donors (Lipinski definition) is 0. The van der Waals surface area contributed by atoms with E-state index in [2.05, 4.69) is 31.0 Å². The number of benzene rings is 1. The molecule has 0 aliphatic rings. The number of aromatic nitrogens is 4. The van der Waals surface area contributed by atoms with E-state index >= 15 is 0 Å². The molecule has 8 heteroatoms. The van der Waals surface area contributed by atoms with Gasteiger partial charge < -0.3 is 9.47 Å². The van der Waals surface area contributed by atoms with E-state index in [4.69, 9.17) is 9.47 Å². The predicted octanol–water partition coefficient (Wildman–Crippen LogP) is 5.33. The lowest BCUT2D eigenvalue weighted by Gasteiger charge is -2.09. The van der Waals surface area contributed by atoms with Gasteiger partial charge in [0, 0.05) is 40.3 Å². The van der Waals surface area contributed by atoms with Crippen molar-refractivity contribution in [2.45, 2.75) is 13.2 Å². The van der Waals surface area contributed by atoms with Gasteiger partial charge in [0.15, 0.2) is 0 Å². The maximum atomic E-state index is 12.9. The third kappa shape index (κ3) is 4.91. The van der Waals surface area contributed by atoms with Gasteiger partial charge in [-0.2, -0.15) is 5.10 Å². The van der Waals surface area contributed by atoms with Gasteiger partial charge in [-0.3, -0.25) is 9.67 Å². The lowest BCUT2D eigenvalue weighted by Crippen LogP contribution is -2.01. The van der Waals surface area contributed by atoms with E-state index in [9.17, 15) is 4.39 Å². The highest BCUT2D eigenvalue weighted by Crippen LogP contribution is 2.32. The minimum atomic E-state index is -0.475. The van der Waals surface area contributed by atoms with Crippen LogP contribution in [0.15, 0.2) is 71.6 Å². The quantitative estimate of drug-likeness (QED) is 0.339. The second-order valence-corrected chi connectivity index (χ2v) is 7.53. The van der Waals surface area contributed by atoms with Gasteiger partial charge in [-0.05, 0) is 64.0 Å². The van der Waals surface area contributed by atoms with Gasteiger partial charge in [0.05, 0.1) is 19.3 Å². The molecule has 6 nitrogen and oxygen atoms in total. The molecule has 31 heavy (non-hydrogen) atoms. The number of rotatable bonds is 8. The van der Waals surface area contributed by atoms with Crippen LogP contribution in [0.1, 0.15) is 5.69 Å². The summed E-state index contributed by atoms with van der Waals surface area (Å²) >= 11 is 3.48. The van der Waals surface area contributed by atoms with Crippen LogP contribution in [-0.2, 0) is 13.2 Å². The molecule has 0 N–H and O–H groups in total. The first-order valence-electron chi connectivity index (χ1n) is 9.64. The van der Waals surface area contributed by atoms with Gasteiger partial charge >= 0.3 is 0 Å². The molecule has 0 radical (unpaired) electrons.